The summed E-state index contributed by atoms with van der Waals surface area (Å²) >= 11 is 0. The van der Waals surface area contributed by atoms with Crippen molar-refractivity contribution < 1.29 is 4.79 Å². The molecule has 0 spiro atoms. The van der Waals surface area contributed by atoms with Crippen LogP contribution < -0.4 is 16.0 Å². The van der Waals surface area contributed by atoms with E-state index < -0.39 is 0 Å². The molecule has 5 nitrogen and oxygen atoms in total. The van der Waals surface area contributed by atoms with Gasteiger partial charge in [-0.25, -0.2) is 0 Å². The highest BCUT2D eigenvalue weighted by Crippen LogP contribution is 2.27. The minimum atomic E-state index is -0.0463. The highest BCUT2D eigenvalue weighted by Gasteiger charge is 2.20. The number of aliphatic imine (C=N–C) groups is 1. The summed E-state index contributed by atoms with van der Waals surface area (Å²) in [5.74, 6) is 1.66. The van der Waals surface area contributed by atoms with Gasteiger partial charge in [0.1, 0.15) is 0 Å². The fraction of sp³-hybridized carbons (Fsp3) is 0.500. The van der Waals surface area contributed by atoms with Crippen LogP contribution in [0.5, 0.6) is 0 Å². The molecule has 0 bridgehead atoms. The van der Waals surface area contributed by atoms with Crippen molar-refractivity contribution in [1.29, 1.82) is 0 Å². The zero-order chi connectivity index (χ0) is 15.1. The van der Waals surface area contributed by atoms with Gasteiger partial charge >= 0.3 is 0 Å². The van der Waals surface area contributed by atoms with Crippen molar-refractivity contribution in [3.8, 4) is 0 Å². The predicted octanol–water partition coefficient (Wildman–Crippen LogP) is 1.76. The number of hydrogen-bond acceptors (Lipinski definition) is 2. The number of nitrogens with one attached hydrogen (secondary N) is 3. The van der Waals surface area contributed by atoms with Crippen LogP contribution in [0.4, 0.5) is 5.69 Å². The Bertz CT molecular complexity index is 492. The summed E-state index contributed by atoms with van der Waals surface area (Å²) in [6, 6.07) is 7.93. The van der Waals surface area contributed by atoms with Gasteiger partial charge in [0, 0.05) is 32.7 Å². The molecule has 0 heterocycles. The lowest BCUT2D eigenvalue weighted by Gasteiger charge is -2.11. The molecule has 1 amide bonds. The molecule has 1 aromatic rings. The van der Waals surface area contributed by atoms with Crippen molar-refractivity contribution in [1.82, 2.24) is 10.6 Å². The van der Waals surface area contributed by atoms with Crippen LogP contribution in [0.2, 0.25) is 0 Å². The Balaban J connectivity index is 1.70. The molecule has 0 radical (unpaired) electrons. The molecule has 1 saturated carbocycles. The normalized spacial score (nSPS) is 14.7. The second kappa shape index (κ2) is 7.67. The van der Waals surface area contributed by atoms with E-state index in [4.69, 9.17) is 0 Å². The van der Waals surface area contributed by atoms with Gasteiger partial charge in [0.05, 0.1) is 0 Å². The van der Waals surface area contributed by atoms with Crippen LogP contribution in [0.15, 0.2) is 29.3 Å². The summed E-state index contributed by atoms with van der Waals surface area (Å²) in [5.41, 5.74) is 2.07. The SMILES string of the molecule is CN=C(NCCc1ccc(NC(C)=O)cc1)NCC1CC1. The predicted molar refractivity (Wildman–Crippen MR) is 86.5 cm³/mol. The minimum absolute atomic E-state index is 0.0463. The standard InChI is InChI=1S/C16H24N4O/c1-12(21)20-15-7-5-13(6-8-15)9-10-18-16(17-2)19-11-14-3-4-14/h5-8,14H,3-4,9-11H2,1-2H3,(H,20,21)(H2,17,18,19). The molecule has 0 unspecified atom stereocenters. The lowest BCUT2D eigenvalue weighted by atomic mass is 10.1. The number of carbonyl (C=O) groups is 1. The maximum absolute atomic E-state index is 11.0. The minimum Gasteiger partial charge on any atom is -0.356 e. The Hall–Kier alpha value is -2.04. The molecule has 5 heteroatoms. The second-order valence-corrected chi connectivity index (χ2v) is 5.45. The van der Waals surface area contributed by atoms with E-state index in [1.807, 2.05) is 24.3 Å². The first kappa shape index (κ1) is 15.4. The molecule has 0 aromatic heterocycles. The first-order valence-electron chi connectivity index (χ1n) is 7.48. The van der Waals surface area contributed by atoms with Crippen LogP contribution in [0, 0.1) is 5.92 Å². The Labute approximate surface area is 126 Å². The molecule has 1 aliphatic rings. The van der Waals surface area contributed by atoms with Crippen LogP contribution >= 0.6 is 0 Å². The number of guanidine groups is 1. The topological polar surface area (TPSA) is 65.5 Å². The molecule has 1 fully saturated rings. The molecule has 0 saturated heterocycles. The van der Waals surface area contributed by atoms with E-state index in [1.54, 1.807) is 7.05 Å². The van der Waals surface area contributed by atoms with Gasteiger partial charge < -0.3 is 16.0 Å². The maximum Gasteiger partial charge on any atom is 0.221 e. The molecule has 1 aromatic carbocycles. The third kappa shape index (κ3) is 5.85. The average Bonchev–Trinajstić information content (AvgIpc) is 3.28. The van der Waals surface area contributed by atoms with Crippen molar-refractivity contribution in [3.05, 3.63) is 29.8 Å². The van der Waals surface area contributed by atoms with Crippen molar-refractivity contribution in [2.75, 3.05) is 25.5 Å². The van der Waals surface area contributed by atoms with Gasteiger partial charge in [-0.1, -0.05) is 12.1 Å². The van der Waals surface area contributed by atoms with E-state index in [9.17, 15) is 4.79 Å². The average molecular weight is 288 g/mol. The number of hydrogen-bond donors (Lipinski definition) is 3. The molecule has 3 N–H and O–H groups in total. The van der Waals surface area contributed by atoms with Crippen LogP contribution in [0.25, 0.3) is 0 Å². The zero-order valence-electron chi connectivity index (χ0n) is 12.8. The fourth-order valence-corrected chi connectivity index (χ4v) is 2.07. The first-order valence-corrected chi connectivity index (χ1v) is 7.48. The van der Waals surface area contributed by atoms with E-state index in [0.717, 1.165) is 37.1 Å². The lowest BCUT2D eigenvalue weighted by molar-refractivity contribution is -0.114. The third-order valence-electron chi connectivity index (χ3n) is 3.46. The quantitative estimate of drug-likeness (QED) is 0.552. The Kier molecular flexibility index (Phi) is 5.60. The van der Waals surface area contributed by atoms with Gasteiger partial charge in [-0.3, -0.25) is 9.79 Å². The van der Waals surface area contributed by atoms with E-state index in [1.165, 1.54) is 25.3 Å². The number of nitrogens with zero attached hydrogens (tertiary/aromatic N) is 1. The van der Waals surface area contributed by atoms with E-state index in [2.05, 4.69) is 20.9 Å². The van der Waals surface area contributed by atoms with Gasteiger partial charge in [0.2, 0.25) is 5.91 Å². The first-order chi connectivity index (χ1) is 10.2. The van der Waals surface area contributed by atoms with Crippen LogP contribution in [0.1, 0.15) is 25.3 Å². The number of benzene rings is 1. The molecule has 0 atom stereocenters. The lowest BCUT2D eigenvalue weighted by Crippen LogP contribution is -2.39. The van der Waals surface area contributed by atoms with Gasteiger partial charge in [0.25, 0.3) is 0 Å². The summed E-state index contributed by atoms with van der Waals surface area (Å²) in [6.07, 6.45) is 3.60. The molecule has 2 rings (SSSR count). The van der Waals surface area contributed by atoms with E-state index >= 15 is 0 Å². The summed E-state index contributed by atoms with van der Waals surface area (Å²) < 4.78 is 0. The number of anilines is 1. The van der Waals surface area contributed by atoms with Gasteiger partial charge in [-0.05, 0) is 42.9 Å². The molecular weight excluding hydrogens is 264 g/mol. The Morgan fingerprint density at radius 1 is 1.24 bits per heavy atom. The fourth-order valence-electron chi connectivity index (χ4n) is 2.07. The molecule has 21 heavy (non-hydrogen) atoms. The van der Waals surface area contributed by atoms with Crippen LogP contribution in [-0.2, 0) is 11.2 Å². The number of carbonyl (C=O) groups excluding carboxylic acids is 1. The largest absolute Gasteiger partial charge is 0.356 e. The second-order valence-electron chi connectivity index (χ2n) is 5.45. The van der Waals surface area contributed by atoms with Gasteiger partial charge in [-0.2, -0.15) is 0 Å². The number of amides is 1. The van der Waals surface area contributed by atoms with Gasteiger partial charge in [-0.15, -0.1) is 0 Å². The Morgan fingerprint density at radius 3 is 2.52 bits per heavy atom. The zero-order valence-corrected chi connectivity index (χ0v) is 12.8. The summed E-state index contributed by atoms with van der Waals surface area (Å²) in [4.78, 5) is 15.2. The summed E-state index contributed by atoms with van der Waals surface area (Å²) in [5, 5.41) is 9.42. The van der Waals surface area contributed by atoms with Crippen molar-refractivity contribution in [3.63, 3.8) is 0 Å². The van der Waals surface area contributed by atoms with E-state index in [0.29, 0.717) is 0 Å². The Morgan fingerprint density at radius 2 is 1.95 bits per heavy atom. The van der Waals surface area contributed by atoms with Crippen molar-refractivity contribution >= 4 is 17.6 Å². The van der Waals surface area contributed by atoms with Crippen LogP contribution in [0.3, 0.4) is 0 Å². The summed E-state index contributed by atoms with van der Waals surface area (Å²) in [7, 11) is 1.80. The molecule has 114 valence electrons. The van der Waals surface area contributed by atoms with Gasteiger partial charge in [0.15, 0.2) is 5.96 Å². The van der Waals surface area contributed by atoms with E-state index in [-0.39, 0.29) is 5.91 Å². The number of rotatable bonds is 6. The molecule has 0 aliphatic heterocycles. The van der Waals surface area contributed by atoms with Crippen molar-refractivity contribution in [2.24, 2.45) is 10.9 Å². The molecular formula is C16H24N4O. The molecule has 1 aliphatic carbocycles. The third-order valence-corrected chi connectivity index (χ3v) is 3.46. The highest BCUT2D eigenvalue weighted by molar-refractivity contribution is 5.88. The maximum atomic E-state index is 11.0. The highest BCUT2D eigenvalue weighted by atomic mass is 16.1. The smallest absolute Gasteiger partial charge is 0.221 e. The summed E-state index contributed by atoms with van der Waals surface area (Å²) in [6.45, 7) is 3.37. The van der Waals surface area contributed by atoms with Crippen molar-refractivity contribution in [2.45, 2.75) is 26.2 Å². The monoisotopic (exact) mass is 288 g/mol. The van der Waals surface area contributed by atoms with Crippen LogP contribution in [-0.4, -0.2) is 32.0 Å².